The van der Waals surface area contributed by atoms with Gasteiger partial charge in [-0.2, -0.15) is 5.10 Å². The maximum Gasteiger partial charge on any atom is 0.274 e. The second-order valence-corrected chi connectivity index (χ2v) is 5.75. The van der Waals surface area contributed by atoms with Crippen LogP contribution in [0.3, 0.4) is 0 Å². The van der Waals surface area contributed by atoms with Gasteiger partial charge in [-0.15, -0.1) is 0 Å². The van der Waals surface area contributed by atoms with Crippen molar-refractivity contribution < 1.29 is 4.90 Å². The lowest BCUT2D eigenvalue weighted by Gasteiger charge is -2.12. The summed E-state index contributed by atoms with van der Waals surface area (Å²) in [5.74, 6) is 0. The Balaban J connectivity index is 2.22. The number of benzene rings is 2. The fourth-order valence-corrected chi connectivity index (χ4v) is 2.53. The van der Waals surface area contributed by atoms with E-state index < -0.39 is 0 Å². The highest BCUT2D eigenvalue weighted by Crippen LogP contribution is 2.23. The van der Waals surface area contributed by atoms with Gasteiger partial charge < -0.3 is 4.90 Å². The topological polar surface area (TPSA) is 39.3 Å². The summed E-state index contributed by atoms with van der Waals surface area (Å²) in [6, 6.07) is 17.7. The molecule has 0 aliphatic carbocycles. The van der Waals surface area contributed by atoms with E-state index in [4.69, 9.17) is 0 Å². The van der Waals surface area contributed by atoms with E-state index in [1.165, 1.54) is 4.90 Å². The summed E-state index contributed by atoms with van der Waals surface area (Å²) in [6.07, 6.45) is 0. The first kappa shape index (κ1) is 14.5. The molecule has 4 heteroatoms. The van der Waals surface area contributed by atoms with Crippen molar-refractivity contribution >= 4 is 10.8 Å². The Morgan fingerprint density at radius 1 is 0.955 bits per heavy atom. The van der Waals surface area contributed by atoms with Gasteiger partial charge in [0.15, 0.2) is 0 Å². The lowest BCUT2D eigenvalue weighted by Crippen LogP contribution is -3.06. The molecule has 1 aromatic heterocycles. The molecular weight excluding hydrogens is 274 g/mol. The molecule has 3 rings (SSSR count). The predicted molar refractivity (Wildman–Crippen MR) is 89.1 cm³/mol. The van der Waals surface area contributed by atoms with Crippen molar-refractivity contribution in [1.82, 2.24) is 9.78 Å². The van der Waals surface area contributed by atoms with Crippen LogP contribution in [0.1, 0.15) is 0 Å². The van der Waals surface area contributed by atoms with Crippen LogP contribution in [0.4, 0.5) is 0 Å². The fraction of sp³-hybridized carbons (Fsp3) is 0.222. The van der Waals surface area contributed by atoms with Gasteiger partial charge in [-0.3, -0.25) is 4.79 Å². The third-order valence-electron chi connectivity index (χ3n) is 3.74. The number of nitrogens with zero attached hydrogens (tertiary/aromatic N) is 2. The molecule has 0 spiro atoms. The van der Waals surface area contributed by atoms with Crippen molar-refractivity contribution in [2.45, 2.75) is 6.54 Å². The largest absolute Gasteiger partial charge is 0.338 e. The van der Waals surface area contributed by atoms with E-state index in [1.807, 2.05) is 54.6 Å². The molecule has 0 atom stereocenters. The van der Waals surface area contributed by atoms with Crippen LogP contribution < -0.4 is 10.5 Å². The lowest BCUT2D eigenvalue weighted by atomic mass is 10.1. The van der Waals surface area contributed by atoms with Gasteiger partial charge in [-0.1, -0.05) is 48.5 Å². The number of nitrogens with one attached hydrogen (secondary N) is 1. The number of fused-ring (bicyclic) bond motifs is 1. The number of likely N-dealkylation sites (N-methyl/N-ethyl adjacent to an activating group) is 1. The first-order valence-corrected chi connectivity index (χ1v) is 7.51. The average molecular weight is 294 g/mol. The van der Waals surface area contributed by atoms with Crippen LogP contribution in [-0.2, 0) is 6.54 Å². The van der Waals surface area contributed by atoms with Crippen LogP contribution in [0.2, 0.25) is 0 Å². The van der Waals surface area contributed by atoms with E-state index in [9.17, 15) is 4.79 Å². The molecule has 3 aromatic rings. The summed E-state index contributed by atoms with van der Waals surface area (Å²) in [4.78, 5) is 13.9. The SMILES string of the molecule is C[NH+](C)CCn1nc(-c2ccccc2)c2ccccc2c1=O. The molecule has 0 amide bonds. The van der Waals surface area contributed by atoms with Gasteiger partial charge in [0, 0.05) is 10.9 Å². The predicted octanol–water partition coefficient (Wildman–Crippen LogP) is 1.21. The summed E-state index contributed by atoms with van der Waals surface area (Å²) < 4.78 is 1.59. The smallest absolute Gasteiger partial charge is 0.274 e. The summed E-state index contributed by atoms with van der Waals surface area (Å²) in [5.41, 5.74) is 1.88. The second-order valence-electron chi connectivity index (χ2n) is 5.75. The highest BCUT2D eigenvalue weighted by Gasteiger charge is 2.12. The van der Waals surface area contributed by atoms with Crippen molar-refractivity contribution in [2.24, 2.45) is 0 Å². The van der Waals surface area contributed by atoms with E-state index in [1.54, 1.807) is 4.68 Å². The molecule has 1 N–H and O–H groups in total. The zero-order chi connectivity index (χ0) is 15.5. The zero-order valence-electron chi connectivity index (χ0n) is 12.9. The number of quaternary nitrogens is 1. The maximum atomic E-state index is 12.6. The molecule has 4 nitrogen and oxygen atoms in total. The summed E-state index contributed by atoms with van der Waals surface area (Å²) in [6.45, 7) is 1.48. The van der Waals surface area contributed by atoms with Crippen LogP contribution in [-0.4, -0.2) is 30.4 Å². The van der Waals surface area contributed by atoms with Crippen LogP contribution in [0.5, 0.6) is 0 Å². The van der Waals surface area contributed by atoms with Crippen molar-refractivity contribution in [3.8, 4) is 11.3 Å². The molecule has 112 valence electrons. The lowest BCUT2D eigenvalue weighted by molar-refractivity contribution is -0.859. The molecule has 0 aliphatic rings. The maximum absolute atomic E-state index is 12.6. The minimum atomic E-state index is -0.0171. The molecular formula is C18H20N3O+. The van der Waals surface area contributed by atoms with Crippen molar-refractivity contribution in [3.05, 3.63) is 65.0 Å². The van der Waals surface area contributed by atoms with E-state index >= 15 is 0 Å². The van der Waals surface area contributed by atoms with Gasteiger partial charge in [0.2, 0.25) is 0 Å². The number of hydrogen-bond donors (Lipinski definition) is 1. The minimum Gasteiger partial charge on any atom is -0.338 e. The van der Waals surface area contributed by atoms with Gasteiger partial charge in [-0.25, -0.2) is 4.68 Å². The van der Waals surface area contributed by atoms with Gasteiger partial charge >= 0.3 is 0 Å². The zero-order valence-corrected chi connectivity index (χ0v) is 12.9. The standard InChI is InChI=1S/C18H19N3O/c1-20(2)12-13-21-18(22)16-11-7-6-10-15(16)17(19-21)14-8-4-3-5-9-14/h3-11H,12-13H2,1-2H3/p+1. The average Bonchev–Trinajstić information content (AvgIpc) is 2.55. The monoisotopic (exact) mass is 294 g/mol. The Morgan fingerprint density at radius 3 is 2.27 bits per heavy atom. The molecule has 0 radical (unpaired) electrons. The number of rotatable bonds is 4. The molecule has 0 aliphatic heterocycles. The number of hydrogen-bond acceptors (Lipinski definition) is 2. The third-order valence-corrected chi connectivity index (χ3v) is 3.74. The number of aromatic nitrogens is 2. The van der Waals surface area contributed by atoms with Gasteiger partial charge in [0.05, 0.1) is 38.3 Å². The van der Waals surface area contributed by atoms with E-state index in [-0.39, 0.29) is 5.56 Å². The first-order valence-electron chi connectivity index (χ1n) is 7.51. The van der Waals surface area contributed by atoms with Crippen molar-refractivity contribution in [3.63, 3.8) is 0 Å². The second kappa shape index (κ2) is 6.12. The summed E-state index contributed by atoms with van der Waals surface area (Å²) >= 11 is 0. The molecule has 0 fully saturated rings. The molecule has 0 saturated carbocycles. The molecule has 1 heterocycles. The molecule has 0 bridgehead atoms. The van der Waals surface area contributed by atoms with Crippen LogP contribution in [0, 0.1) is 0 Å². The van der Waals surface area contributed by atoms with Gasteiger partial charge in [0.1, 0.15) is 0 Å². The van der Waals surface area contributed by atoms with Crippen LogP contribution >= 0.6 is 0 Å². The quantitative estimate of drug-likeness (QED) is 0.785. The van der Waals surface area contributed by atoms with Gasteiger partial charge in [0.25, 0.3) is 5.56 Å². The van der Waals surface area contributed by atoms with E-state index in [0.29, 0.717) is 6.54 Å². The highest BCUT2D eigenvalue weighted by molar-refractivity contribution is 5.93. The van der Waals surface area contributed by atoms with Crippen molar-refractivity contribution in [2.75, 3.05) is 20.6 Å². The first-order chi connectivity index (χ1) is 10.7. The van der Waals surface area contributed by atoms with E-state index in [0.717, 1.165) is 28.6 Å². The molecule has 0 unspecified atom stereocenters. The molecule has 2 aromatic carbocycles. The third kappa shape index (κ3) is 2.78. The van der Waals surface area contributed by atoms with Crippen molar-refractivity contribution in [1.29, 1.82) is 0 Å². The Hall–Kier alpha value is -2.46. The fourth-order valence-electron chi connectivity index (χ4n) is 2.53. The van der Waals surface area contributed by atoms with Crippen LogP contribution in [0.25, 0.3) is 22.0 Å². The normalized spacial score (nSPS) is 11.2. The van der Waals surface area contributed by atoms with E-state index in [2.05, 4.69) is 19.2 Å². The summed E-state index contributed by atoms with van der Waals surface area (Å²) in [7, 11) is 4.15. The van der Waals surface area contributed by atoms with Crippen LogP contribution in [0.15, 0.2) is 59.4 Å². The van der Waals surface area contributed by atoms with Gasteiger partial charge in [-0.05, 0) is 6.07 Å². The highest BCUT2D eigenvalue weighted by atomic mass is 16.1. The minimum absolute atomic E-state index is 0.0171. The Bertz CT molecular complexity index is 838. The Labute approximate surface area is 129 Å². The summed E-state index contributed by atoms with van der Waals surface area (Å²) in [5, 5.41) is 6.27. The Kier molecular flexibility index (Phi) is 4.02. The Morgan fingerprint density at radius 2 is 1.59 bits per heavy atom. The molecule has 0 saturated heterocycles. The molecule has 22 heavy (non-hydrogen) atoms.